The molecule has 0 bridgehead atoms. The summed E-state index contributed by atoms with van der Waals surface area (Å²) in [6, 6.07) is 0. The fourth-order valence-electron chi connectivity index (χ4n) is 2.05. The van der Waals surface area contributed by atoms with Gasteiger partial charge in [-0.1, -0.05) is 45.4 Å². The van der Waals surface area contributed by atoms with Crippen LogP contribution in [-0.4, -0.2) is 25.5 Å². The largest absolute Gasteiger partial charge is 0.300 e. The third-order valence-corrected chi connectivity index (χ3v) is 3.51. The maximum absolute atomic E-state index is 4.23. The van der Waals surface area contributed by atoms with E-state index < -0.39 is 0 Å². The van der Waals surface area contributed by atoms with E-state index in [-0.39, 0.29) is 5.54 Å². The van der Waals surface area contributed by atoms with Gasteiger partial charge >= 0.3 is 0 Å². The molecule has 0 aliphatic rings. The van der Waals surface area contributed by atoms with Crippen molar-refractivity contribution in [2.24, 2.45) is 15.9 Å². The van der Waals surface area contributed by atoms with Crippen LogP contribution in [0.4, 0.5) is 0 Å². The van der Waals surface area contributed by atoms with E-state index in [1.54, 1.807) is 0 Å². The van der Waals surface area contributed by atoms with Gasteiger partial charge in [0.15, 0.2) is 0 Å². The molecule has 0 saturated heterocycles. The van der Waals surface area contributed by atoms with Crippen LogP contribution in [0.1, 0.15) is 65.7 Å². The Bertz CT molecular complexity index is 219. The molecule has 100 valence electrons. The van der Waals surface area contributed by atoms with Crippen molar-refractivity contribution in [3.05, 3.63) is 0 Å². The molecular formula is C15H30N2. The zero-order chi connectivity index (χ0) is 13.1. The van der Waals surface area contributed by atoms with Gasteiger partial charge in [0.25, 0.3) is 0 Å². The maximum Gasteiger partial charge on any atom is 0.0622 e. The predicted molar refractivity (Wildman–Crippen MR) is 79.5 cm³/mol. The Kier molecular flexibility index (Phi) is 9.01. The summed E-state index contributed by atoms with van der Waals surface area (Å²) in [5.74, 6) is 0.427. The van der Waals surface area contributed by atoms with Crippen molar-refractivity contribution in [1.82, 2.24) is 0 Å². The summed E-state index contributed by atoms with van der Waals surface area (Å²) in [5.41, 5.74) is -0.0804. The summed E-state index contributed by atoms with van der Waals surface area (Å²) in [6.45, 7) is 10.2. The van der Waals surface area contributed by atoms with Crippen LogP contribution in [0.25, 0.3) is 0 Å². The van der Waals surface area contributed by atoms with Gasteiger partial charge in [-0.2, -0.15) is 0 Å². The monoisotopic (exact) mass is 238 g/mol. The van der Waals surface area contributed by atoms with Crippen LogP contribution in [0.2, 0.25) is 0 Å². The first-order valence-corrected chi connectivity index (χ1v) is 6.98. The molecule has 2 nitrogen and oxygen atoms in total. The van der Waals surface area contributed by atoms with Gasteiger partial charge in [-0.15, -0.1) is 0 Å². The third-order valence-electron chi connectivity index (χ3n) is 3.51. The van der Waals surface area contributed by atoms with Crippen molar-refractivity contribution in [3.8, 4) is 0 Å². The second kappa shape index (κ2) is 9.38. The zero-order valence-corrected chi connectivity index (χ0v) is 12.2. The van der Waals surface area contributed by atoms with Crippen molar-refractivity contribution < 1.29 is 0 Å². The molecular weight excluding hydrogens is 208 g/mol. The Morgan fingerprint density at radius 2 is 1.71 bits per heavy atom. The number of rotatable bonds is 10. The highest BCUT2D eigenvalue weighted by molar-refractivity contribution is 5.62. The van der Waals surface area contributed by atoms with Gasteiger partial charge in [-0.25, -0.2) is 0 Å². The van der Waals surface area contributed by atoms with E-state index in [9.17, 15) is 0 Å². The molecule has 0 spiro atoms. The molecule has 0 fully saturated rings. The highest BCUT2D eigenvalue weighted by Crippen LogP contribution is 2.25. The van der Waals surface area contributed by atoms with E-state index in [0.717, 1.165) is 0 Å². The quantitative estimate of drug-likeness (QED) is 0.394. The summed E-state index contributed by atoms with van der Waals surface area (Å²) in [6.07, 6.45) is 11.3. The summed E-state index contributed by atoms with van der Waals surface area (Å²) in [7, 11) is 1.84. The topological polar surface area (TPSA) is 24.7 Å². The second-order valence-electron chi connectivity index (χ2n) is 5.38. The molecule has 0 radical (unpaired) electrons. The molecule has 0 N–H and O–H groups in total. The highest BCUT2D eigenvalue weighted by atomic mass is 14.8. The number of unbranched alkanes of at least 4 members (excludes halogenated alkanes) is 5. The van der Waals surface area contributed by atoms with Gasteiger partial charge in [0.2, 0.25) is 0 Å². The maximum atomic E-state index is 4.23. The van der Waals surface area contributed by atoms with Crippen LogP contribution in [-0.2, 0) is 0 Å². The van der Waals surface area contributed by atoms with Crippen LogP contribution < -0.4 is 0 Å². The summed E-state index contributed by atoms with van der Waals surface area (Å²) in [4.78, 5) is 8.39. The van der Waals surface area contributed by atoms with Gasteiger partial charge in [-0.3, -0.25) is 4.99 Å². The van der Waals surface area contributed by atoms with Crippen LogP contribution >= 0.6 is 0 Å². The van der Waals surface area contributed by atoms with Crippen molar-refractivity contribution in [3.63, 3.8) is 0 Å². The summed E-state index contributed by atoms with van der Waals surface area (Å²) in [5, 5.41) is 0. The first-order valence-electron chi connectivity index (χ1n) is 6.98. The van der Waals surface area contributed by atoms with E-state index >= 15 is 0 Å². The van der Waals surface area contributed by atoms with Crippen LogP contribution in [0.5, 0.6) is 0 Å². The molecule has 1 unspecified atom stereocenters. The van der Waals surface area contributed by atoms with Crippen LogP contribution in [0, 0.1) is 5.92 Å². The Morgan fingerprint density at radius 1 is 1.12 bits per heavy atom. The Balaban J connectivity index is 3.90. The van der Waals surface area contributed by atoms with E-state index in [4.69, 9.17) is 0 Å². The first kappa shape index (κ1) is 16.3. The lowest BCUT2D eigenvalue weighted by Gasteiger charge is -2.27. The molecule has 0 aliphatic carbocycles. The first-order chi connectivity index (χ1) is 8.08. The molecule has 0 aromatic rings. The average molecular weight is 238 g/mol. The van der Waals surface area contributed by atoms with Crippen molar-refractivity contribution in [2.45, 2.75) is 71.3 Å². The Labute approximate surface area is 108 Å². The number of hydrogen-bond acceptors (Lipinski definition) is 2. The minimum Gasteiger partial charge on any atom is -0.300 e. The van der Waals surface area contributed by atoms with E-state index in [1.807, 2.05) is 13.3 Å². The molecule has 0 heterocycles. The smallest absolute Gasteiger partial charge is 0.0622 e. The molecule has 0 aromatic carbocycles. The lowest BCUT2D eigenvalue weighted by atomic mass is 9.84. The van der Waals surface area contributed by atoms with Crippen molar-refractivity contribution in [1.29, 1.82) is 0 Å². The van der Waals surface area contributed by atoms with E-state index in [2.05, 4.69) is 37.5 Å². The highest BCUT2D eigenvalue weighted by Gasteiger charge is 2.25. The molecule has 1 atom stereocenters. The van der Waals surface area contributed by atoms with Gasteiger partial charge in [-0.05, 0) is 27.0 Å². The SMILES string of the molecule is C=NC(C)(C)C(/C=N\C)CCCCCCCC. The van der Waals surface area contributed by atoms with Gasteiger partial charge in [0, 0.05) is 19.2 Å². The molecule has 17 heavy (non-hydrogen) atoms. The Hall–Kier alpha value is -0.660. The molecule has 0 aromatic heterocycles. The summed E-state index contributed by atoms with van der Waals surface area (Å²) < 4.78 is 0. The lowest BCUT2D eigenvalue weighted by Crippen LogP contribution is -2.30. The molecule has 0 rings (SSSR count). The molecule has 0 saturated carbocycles. The van der Waals surface area contributed by atoms with Gasteiger partial charge < -0.3 is 4.99 Å². The molecule has 2 heteroatoms. The lowest BCUT2D eigenvalue weighted by molar-refractivity contribution is 0.381. The number of nitrogens with zero attached hydrogens (tertiary/aromatic N) is 2. The standard InChI is InChI=1S/C15H30N2/c1-6-7-8-9-10-11-12-14(13-16-4)15(2,3)17-5/h13-14H,5-12H2,1-4H3/b16-13-. The van der Waals surface area contributed by atoms with Crippen LogP contribution in [0.15, 0.2) is 9.98 Å². The molecule has 0 amide bonds. The summed E-state index contributed by atoms with van der Waals surface area (Å²) >= 11 is 0. The van der Waals surface area contributed by atoms with Crippen molar-refractivity contribution in [2.75, 3.05) is 7.05 Å². The Morgan fingerprint density at radius 3 is 2.24 bits per heavy atom. The van der Waals surface area contributed by atoms with Crippen LogP contribution in [0.3, 0.4) is 0 Å². The van der Waals surface area contributed by atoms with E-state index in [1.165, 1.54) is 44.9 Å². The number of aliphatic imine (C=N–C) groups is 2. The predicted octanol–water partition coefficient (Wildman–Crippen LogP) is 4.53. The third kappa shape index (κ3) is 7.30. The number of hydrogen-bond donors (Lipinski definition) is 0. The fourth-order valence-corrected chi connectivity index (χ4v) is 2.05. The van der Waals surface area contributed by atoms with Crippen molar-refractivity contribution >= 4 is 12.9 Å². The minimum atomic E-state index is -0.0804. The molecule has 0 aliphatic heterocycles. The van der Waals surface area contributed by atoms with E-state index in [0.29, 0.717) is 5.92 Å². The minimum absolute atomic E-state index is 0.0804. The van der Waals surface area contributed by atoms with Gasteiger partial charge in [0.05, 0.1) is 5.54 Å². The second-order valence-corrected chi connectivity index (χ2v) is 5.38. The zero-order valence-electron chi connectivity index (χ0n) is 12.2. The normalized spacial score (nSPS) is 14.1. The average Bonchev–Trinajstić information content (AvgIpc) is 2.32. The van der Waals surface area contributed by atoms with Gasteiger partial charge in [0.1, 0.15) is 0 Å². The fraction of sp³-hybridized carbons (Fsp3) is 0.867.